The summed E-state index contributed by atoms with van der Waals surface area (Å²) in [6.45, 7) is 6.10. The molecular weight excluding hydrogens is 268 g/mol. The second-order valence-corrected chi connectivity index (χ2v) is 4.96. The van der Waals surface area contributed by atoms with E-state index in [-0.39, 0.29) is 10.6 Å². The van der Waals surface area contributed by atoms with Crippen LogP contribution in [-0.2, 0) is 19.6 Å². The second kappa shape index (κ2) is 6.99. The number of imidazole rings is 1. The molecule has 0 saturated carbocycles. The van der Waals surface area contributed by atoms with Gasteiger partial charge in [-0.2, -0.15) is 0 Å². The third kappa shape index (κ3) is 3.66. The van der Waals surface area contributed by atoms with Gasteiger partial charge >= 0.3 is 0 Å². The maximum absolute atomic E-state index is 10.9. The topological polar surface area (TPSA) is 73.0 Å². The normalized spacial score (nSPS) is 10.8. The van der Waals surface area contributed by atoms with Gasteiger partial charge in [-0.25, -0.2) is 4.98 Å². The summed E-state index contributed by atoms with van der Waals surface area (Å²) in [5.41, 5.74) is 1.83. The Morgan fingerprint density at radius 1 is 1.38 bits per heavy atom. The average Bonchev–Trinajstić information content (AvgIpc) is 2.88. The van der Waals surface area contributed by atoms with Gasteiger partial charge in [-0.05, 0) is 18.9 Å². The van der Waals surface area contributed by atoms with Gasteiger partial charge in [0.15, 0.2) is 0 Å². The third-order valence-corrected chi connectivity index (χ3v) is 3.48. The number of nitrogens with zero attached hydrogens (tertiary/aromatic N) is 3. The van der Waals surface area contributed by atoms with E-state index in [9.17, 15) is 10.1 Å². The lowest BCUT2D eigenvalue weighted by Gasteiger charge is -2.09. The van der Waals surface area contributed by atoms with E-state index in [0.29, 0.717) is 18.7 Å². The molecule has 0 fully saturated rings. The van der Waals surface area contributed by atoms with Gasteiger partial charge in [0, 0.05) is 37.1 Å². The molecule has 1 aromatic heterocycles. The van der Waals surface area contributed by atoms with Gasteiger partial charge < -0.3 is 9.88 Å². The Kier molecular flexibility index (Phi) is 5.05. The quantitative estimate of drug-likeness (QED) is 0.628. The maximum atomic E-state index is 10.9. The first kappa shape index (κ1) is 15.2. The van der Waals surface area contributed by atoms with Crippen LogP contribution in [0.1, 0.15) is 30.3 Å². The number of rotatable bonds is 7. The van der Waals surface area contributed by atoms with E-state index in [4.69, 9.17) is 0 Å². The van der Waals surface area contributed by atoms with Crippen molar-refractivity contribution in [1.29, 1.82) is 0 Å². The van der Waals surface area contributed by atoms with E-state index < -0.39 is 0 Å². The van der Waals surface area contributed by atoms with Crippen LogP contribution in [0.25, 0.3) is 0 Å². The van der Waals surface area contributed by atoms with Crippen LogP contribution in [0.2, 0.25) is 0 Å². The highest BCUT2D eigenvalue weighted by Gasteiger charge is 2.12. The monoisotopic (exact) mass is 288 g/mol. The molecule has 0 radical (unpaired) electrons. The summed E-state index contributed by atoms with van der Waals surface area (Å²) in [4.78, 5) is 14.9. The molecule has 0 aliphatic rings. The van der Waals surface area contributed by atoms with Crippen LogP contribution in [0.3, 0.4) is 0 Å². The molecule has 6 nitrogen and oxygen atoms in total. The summed E-state index contributed by atoms with van der Waals surface area (Å²) < 4.78 is 2.12. The zero-order chi connectivity index (χ0) is 15.2. The SMILES string of the molecule is CCCn1ccnc1CNCc1cccc([N+](=O)[O-])c1C. The Morgan fingerprint density at radius 3 is 2.90 bits per heavy atom. The number of nitrogens with one attached hydrogen (secondary N) is 1. The number of nitro groups is 1. The van der Waals surface area contributed by atoms with Crippen molar-refractivity contribution in [2.45, 2.75) is 39.9 Å². The van der Waals surface area contributed by atoms with Crippen molar-refractivity contribution in [2.75, 3.05) is 0 Å². The molecule has 0 amide bonds. The van der Waals surface area contributed by atoms with Gasteiger partial charge in [-0.15, -0.1) is 0 Å². The summed E-state index contributed by atoms with van der Waals surface area (Å²) in [5.74, 6) is 0.986. The molecule has 21 heavy (non-hydrogen) atoms. The van der Waals surface area contributed by atoms with E-state index in [0.717, 1.165) is 24.4 Å². The van der Waals surface area contributed by atoms with Crippen molar-refractivity contribution in [3.63, 3.8) is 0 Å². The van der Waals surface area contributed by atoms with Crippen molar-refractivity contribution in [1.82, 2.24) is 14.9 Å². The van der Waals surface area contributed by atoms with E-state index in [2.05, 4.69) is 21.8 Å². The summed E-state index contributed by atoms with van der Waals surface area (Å²) in [5, 5.41) is 14.2. The molecule has 1 aromatic carbocycles. The number of hydrogen-bond donors (Lipinski definition) is 1. The fourth-order valence-electron chi connectivity index (χ4n) is 2.32. The molecule has 0 aliphatic heterocycles. The van der Waals surface area contributed by atoms with Crippen LogP contribution in [0, 0.1) is 17.0 Å². The van der Waals surface area contributed by atoms with Crippen LogP contribution < -0.4 is 5.32 Å². The Balaban J connectivity index is 1.99. The highest BCUT2D eigenvalue weighted by molar-refractivity contribution is 5.44. The molecule has 1 N–H and O–H groups in total. The van der Waals surface area contributed by atoms with Crippen LogP contribution in [-0.4, -0.2) is 14.5 Å². The van der Waals surface area contributed by atoms with Gasteiger partial charge in [0.05, 0.1) is 11.5 Å². The Morgan fingerprint density at radius 2 is 2.19 bits per heavy atom. The summed E-state index contributed by atoms with van der Waals surface area (Å²) >= 11 is 0. The smallest absolute Gasteiger partial charge is 0.272 e. The van der Waals surface area contributed by atoms with Crippen LogP contribution in [0.4, 0.5) is 5.69 Å². The van der Waals surface area contributed by atoms with E-state index >= 15 is 0 Å². The lowest BCUT2D eigenvalue weighted by Crippen LogP contribution is -2.17. The number of nitro benzene ring substituents is 1. The molecule has 0 atom stereocenters. The standard InChI is InChI=1S/C15H20N4O2/c1-3-8-18-9-7-17-15(18)11-16-10-13-5-4-6-14(12(13)2)19(20)21/h4-7,9,16H,3,8,10-11H2,1-2H3. The predicted octanol–water partition coefficient (Wildman–Crippen LogP) is 2.80. The fourth-order valence-corrected chi connectivity index (χ4v) is 2.32. The molecular formula is C15H20N4O2. The summed E-state index contributed by atoms with van der Waals surface area (Å²) in [6, 6.07) is 5.17. The van der Waals surface area contributed by atoms with Crippen LogP contribution in [0.15, 0.2) is 30.6 Å². The molecule has 2 rings (SSSR count). The molecule has 1 heterocycles. The minimum absolute atomic E-state index is 0.168. The van der Waals surface area contributed by atoms with Gasteiger partial charge in [0.1, 0.15) is 5.82 Å². The first-order chi connectivity index (χ1) is 10.1. The largest absolute Gasteiger partial charge is 0.334 e. The fraction of sp³-hybridized carbons (Fsp3) is 0.400. The van der Waals surface area contributed by atoms with Crippen molar-refractivity contribution < 1.29 is 4.92 Å². The zero-order valence-electron chi connectivity index (χ0n) is 12.4. The third-order valence-electron chi connectivity index (χ3n) is 3.48. The number of aromatic nitrogens is 2. The van der Waals surface area contributed by atoms with Crippen LogP contribution >= 0.6 is 0 Å². The van der Waals surface area contributed by atoms with Crippen LogP contribution in [0.5, 0.6) is 0 Å². The molecule has 0 unspecified atom stereocenters. The zero-order valence-corrected chi connectivity index (χ0v) is 12.4. The minimum Gasteiger partial charge on any atom is -0.334 e. The molecule has 0 bridgehead atoms. The van der Waals surface area contributed by atoms with Crippen molar-refractivity contribution in [2.24, 2.45) is 0 Å². The number of benzene rings is 1. The first-order valence-corrected chi connectivity index (χ1v) is 7.07. The first-order valence-electron chi connectivity index (χ1n) is 7.07. The lowest BCUT2D eigenvalue weighted by molar-refractivity contribution is -0.385. The Bertz CT molecular complexity index is 622. The maximum Gasteiger partial charge on any atom is 0.272 e. The van der Waals surface area contributed by atoms with Crippen molar-refractivity contribution in [3.05, 3.63) is 57.7 Å². The molecule has 2 aromatic rings. The summed E-state index contributed by atoms with van der Waals surface area (Å²) in [7, 11) is 0. The van der Waals surface area contributed by atoms with Crippen molar-refractivity contribution >= 4 is 5.69 Å². The molecule has 112 valence electrons. The highest BCUT2D eigenvalue weighted by atomic mass is 16.6. The number of hydrogen-bond acceptors (Lipinski definition) is 4. The predicted molar refractivity (Wildman–Crippen MR) is 80.9 cm³/mol. The Labute approximate surface area is 124 Å². The molecule has 0 saturated heterocycles. The van der Waals surface area contributed by atoms with Crippen molar-refractivity contribution in [3.8, 4) is 0 Å². The van der Waals surface area contributed by atoms with Gasteiger partial charge in [-0.3, -0.25) is 10.1 Å². The number of aryl methyl sites for hydroxylation is 1. The molecule has 0 aliphatic carbocycles. The molecule has 0 spiro atoms. The van der Waals surface area contributed by atoms with Gasteiger partial charge in [-0.1, -0.05) is 19.1 Å². The highest BCUT2D eigenvalue weighted by Crippen LogP contribution is 2.20. The van der Waals surface area contributed by atoms with Gasteiger partial charge in [0.25, 0.3) is 5.69 Å². The average molecular weight is 288 g/mol. The molecule has 6 heteroatoms. The lowest BCUT2D eigenvalue weighted by atomic mass is 10.1. The Hall–Kier alpha value is -2.21. The van der Waals surface area contributed by atoms with E-state index in [1.165, 1.54) is 6.07 Å². The van der Waals surface area contributed by atoms with E-state index in [1.54, 1.807) is 19.2 Å². The second-order valence-electron chi connectivity index (χ2n) is 4.96. The summed E-state index contributed by atoms with van der Waals surface area (Å²) in [6.07, 6.45) is 4.83. The minimum atomic E-state index is -0.340. The van der Waals surface area contributed by atoms with E-state index in [1.807, 2.05) is 12.3 Å². The van der Waals surface area contributed by atoms with Gasteiger partial charge in [0.2, 0.25) is 0 Å².